The predicted molar refractivity (Wildman–Crippen MR) is 81.2 cm³/mol. The van der Waals surface area contributed by atoms with Gasteiger partial charge in [0.1, 0.15) is 0 Å². The topological polar surface area (TPSA) is 112 Å². The van der Waals surface area contributed by atoms with Gasteiger partial charge in [0.2, 0.25) is 0 Å². The monoisotopic (exact) mass is 402 g/mol. The molecule has 0 saturated carbocycles. The van der Waals surface area contributed by atoms with Gasteiger partial charge in [-0.3, -0.25) is 14.4 Å². The molecule has 0 atom stereocenters. The minimum atomic E-state index is -0.125. The maximum Gasteiger partial charge on any atom is 0.155 e. The number of allylic oxidation sites excluding steroid dienone is 6. The van der Waals surface area contributed by atoms with Crippen molar-refractivity contribution in [3.05, 3.63) is 35.5 Å². The fraction of sp³-hybridized carbons (Fsp3) is 0.400. The molecule has 0 aromatic heterocycles. The van der Waals surface area contributed by atoms with Crippen LogP contribution in [0.25, 0.3) is 0 Å². The maximum atomic E-state index is 10.0. The Morgan fingerprint density at radius 1 is 0.545 bits per heavy atom. The molecule has 0 unspecified atom stereocenters. The molecule has 7 heteroatoms. The second-order valence-electron chi connectivity index (χ2n) is 4.19. The average Bonchev–Trinajstić information content (AvgIpc) is 2.10. The molecule has 0 bridgehead atoms. The molecule has 0 spiro atoms. The Balaban J connectivity index is -0.000000108. The van der Waals surface area contributed by atoms with E-state index >= 15 is 0 Å². The van der Waals surface area contributed by atoms with Crippen LogP contribution < -0.4 is 0 Å². The van der Waals surface area contributed by atoms with E-state index in [0.717, 1.165) is 0 Å². The largest absolute Gasteiger partial charge is 0.512 e. The molecule has 128 valence electrons. The second kappa shape index (κ2) is 17.3. The number of aliphatic hydroxyl groups excluding tert-OH is 3. The SMILES string of the molecule is CC(=O)C=C(C)O.CC(=O)C=C(C)O.CC(=O)C=C(C)O.[Ru]. The molecule has 0 fully saturated rings. The first-order valence-electron chi connectivity index (χ1n) is 6.02. The smallest absolute Gasteiger partial charge is 0.155 e. The fourth-order valence-corrected chi connectivity index (χ4v) is 0.882. The molecule has 0 rings (SSSR count). The first-order valence-corrected chi connectivity index (χ1v) is 6.02. The van der Waals surface area contributed by atoms with Crippen molar-refractivity contribution in [2.24, 2.45) is 0 Å². The molecule has 0 radical (unpaired) electrons. The quantitative estimate of drug-likeness (QED) is 0.381. The van der Waals surface area contributed by atoms with Crippen LogP contribution in [0.4, 0.5) is 0 Å². The van der Waals surface area contributed by atoms with Crippen molar-refractivity contribution in [3.63, 3.8) is 0 Å². The van der Waals surface area contributed by atoms with Gasteiger partial charge in [-0.25, -0.2) is 0 Å². The number of aliphatic hydroxyl groups is 3. The van der Waals surface area contributed by atoms with E-state index in [2.05, 4.69) is 0 Å². The Hall–Kier alpha value is -1.75. The van der Waals surface area contributed by atoms with Gasteiger partial charge >= 0.3 is 0 Å². The molecule has 0 aliphatic rings. The van der Waals surface area contributed by atoms with Crippen LogP contribution >= 0.6 is 0 Å². The summed E-state index contributed by atoms with van der Waals surface area (Å²) < 4.78 is 0. The number of carbonyl (C=O) groups is 3. The number of ketones is 3. The molecule has 0 amide bonds. The molecule has 0 saturated heterocycles. The number of rotatable bonds is 3. The van der Waals surface area contributed by atoms with Crippen LogP contribution in [-0.4, -0.2) is 32.7 Å². The van der Waals surface area contributed by atoms with Crippen LogP contribution in [0, 0.1) is 0 Å². The van der Waals surface area contributed by atoms with Gasteiger partial charge in [-0.1, -0.05) is 0 Å². The zero-order chi connectivity index (χ0) is 17.6. The number of hydrogen-bond donors (Lipinski definition) is 3. The van der Waals surface area contributed by atoms with Crippen molar-refractivity contribution in [1.29, 1.82) is 0 Å². The first kappa shape index (κ1) is 28.4. The summed E-state index contributed by atoms with van der Waals surface area (Å²) in [5.41, 5.74) is 0. The zero-order valence-corrected chi connectivity index (χ0v) is 15.4. The van der Waals surface area contributed by atoms with E-state index in [9.17, 15) is 14.4 Å². The van der Waals surface area contributed by atoms with Crippen LogP contribution in [0.1, 0.15) is 41.5 Å². The van der Waals surface area contributed by atoms with E-state index in [1.165, 1.54) is 59.8 Å². The van der Waals surface area contributed by atoms with Crippen molar-refractivity contribution in [3.8, 4) is 0 Å². The summed E-state index contributed by atoms with van der Waals surface area (Å²) in [7, 11) is 0. The predicted octanol–water partition coefficient (Wildman–Crippen LogP) is 3.11. The standard InChI is InChI=1S/3C5H8O2.Ru/c3*1-4(6)3-5(2)7;/h3*3,6H,1-2H3;. The van der Waals surface area contributed by atoms with Crippen molar-refractivity contribution in [2.75, 3.05) is 0 Å². The van der Waals surface area contributed by atoms with Gasteiger partial charge in [-0.2, -0.15) is 0 Å². The van der Waals surface area contributed by atoms with Crippen molar-refractivity contribution in [2.45, 2.75) is 41.5 Å². The number of carbonyl (C=O) groups excluding carboxylic acids is 3. The molecule has 6 nitrogen and oxygen atoms in total. The van der Waals surface area contributed by atoms with Crippen LogP contribution in [0.5, 0.6) is 0 Å². The molecule has 0 heterocycles. The first-order chi connectivity index (χ1) is 9.38. The third-order valence-corrected chi connectivity index (χ3v) is 1.24. The number of hydrogen-bond acceptors (Lipinski definition) is 6. The van der Waals surface area contributed by atoms with Gasteiger partial charge in [0.05, 0.1) is 17.3 Å². The van der Waals surface area contributed by atoms with E-state index < -0.39 is 0 Å². The van der Waals surface area contributed by atoms with Crippen LogP contribution in [0.3, 0.4) is 0 Å². The molecule has 0 aromatic carbocycles. The Labute approximate surface area is 144 Å². The summed E-state index contributed by atoms with van der Waals surface area (Å²) in [6, 6.07) is 0. The summed E-state index contributed by atoms with van der Waals surface area (Å²) in [5, 5.41) is 25.1. The van der Waals surface area contributed by atoms with Crippen molar-refractivity contribution in [1.82, 2.24) is 0 Å². The van der Waals surface area contributed by atoms with E-state index in [1.807, 2.05) is 0 Å². The Kier molecular flexibility index (Phi) is 22.4. The molecule has 0 aromatic rings. The van der Waals surface area contributed by atoms with Crippen molar-refractivity contribution >= 4 is 17.3 Å². The summed E-state index contributed by atoms with van der Waals surface area (Å²) in [4.78, 5) is 30.1. The maximum absolute atomic E-state index is 10.0. The van der Waals surface area contributed by atoms with Crippen LogP contribution in [-0.2, 0) is 33.9 Å². The summed E-state index contributed by atoms with van der Waals surface area (Å²) in [6.07, 6.45) is 3.50. The van der Waals surface area contributed by atoms with E-state index in [-0.39, 0.29) is 54.1 Å². The minimum Gasteiger partial charge on any atom is -0.512 e. The Morgan fingerprint density at radius 3 is 0.682 bits per heavy atom. The molecular formula is C15H24O6Ru. The normalized spacial score (nSPS) is 10.9. The Morgan fingerprint density at radius 2 is 0.682 bits per heavy atom. The van der Waals surface area contributed by atoms with Gasteiger partial charge in [0.25, 0.3) is 0 Å². The summed E-state index contributed by atoms with van der Waals surface area (Å²) in [6.45, 7) is 8.54. The van der Waals surface area contributed by atoms with Gasteiger partial charge in [0.15, 0.2) is 17.3 Å². The van der Waals surface area contributed by atoms with Gasteiger partial charge < -0.3 is 15.3 Å². The van der Waals surface area contributed by atoms with Gasteiger partial charge in [-0.05, 0) is 41.5 Å². The molecule has 0 aliphatic heterocycles. The minimum absolute atomic E-state index is 0. The van der Waals surface area contributed by atoms with E-state index in [1.54, 1.807) is 0 Å². The third-order valence-electron chi connectivity index (χ3n) is 1.24. The van der Waals surface area contributed by atoms with Crippen LogP contribution in [0.15, 0.2) is 35.5 Å². The zero-order valence-electron chi connectivity index (χ0n) is 13.7. The van der Waals surface area contributed by atoms with E-state index in [4.69, 9.17) is 15.3 Å². The van der Waals surface area contributed by atoms with Crippen molar-refractivity contribution < 1.29 is 49.2 Å². The second-order valence-corrected chi connectivity index (χ2v) is 4.19. The summed E-state index contributed by atoms with van der Waals surface area (Å²) >= 11 is 0. The summed E-state index contributed by atoms with van der Waals surface area (Å²) in [5.74, 6) is -0.187. The van der Waals surface area contributed by atoms with Gasteiger partial charge in [0, 0.05) is 37.7 Å². The van der Waals surface area contributed by atoms with Gasteiger partial charge in [-0.15, -0.1) is 0 Å². The third kappa shape index (κ3) is 51.7. The molecule has 3 N–H and O–H groups in total. The molecular weight excluding hydrogens is 377 g/mol. The average molecular weight is 401 g/mol. The molecule has 0 aliphatic carbocycles. The Bertz CT molecular complexity index is 368. The van der Waals surface area contributed by atoms with Crippen LogP contribution in [0.2, 0.25) is 0 Å². The molecule has 22 heavy (non-hydrogen) atoms. The van der Waals surface area contributed by atoms with E-state index in [0.29, 0.717) is 0 Å². The fourth-order valence-electron chi connectivity index (χ4n) is 0.882.